The van der Waals surface area contributed by atoms with Crippen molar-refractivity contribution in [2.45, 2.75) is 0 Å². The van der Waals surface area contributed by atoms with Crippen LogP contribution in [0.3, 0.4) is 0 Å². The quantitative estimate of drug-likeness (QED) is 0.797. The van der Waals surface area contributed by atoms with Crippen molar-refractivity contribution >= 4 is 17.5 Å². The summed E-state index contributed by atoms with van der Waals surface area (Å²) >= 11 is 5.67. The molecule has 1 rings (SSSR count). The van der Waals surface area contributed by atoms with Gasteiger partial charge < -0.3 is 11.1 Å². The van der Waals surface area contributed by atoms with Gasteiger partial charge in [0.2, 0.25) is 0 Å². The average molecular weight is 217 g/mol. The first-order chi connectivity index (χ1) is 6.66. The van der Waals surface area contributed by atoms with Gasteiger partial charge in [-0.3, -0.25) is 4.79 Å². The predicted molar refractivity (Wildman–Crippen MR) is 52.8 cm³/mol. The number of rotatable bonds is 3. The van der Waals surface area contributed by atoms with Crippen LogP contribution in [0.25, 0.3) is 0 Å². The van der Waals surface area contributed by atoms with Crippen molar-refractivity contribution in [1.82, 2.24) is 5.32 Å². The van der Waals surface area contributed by atoms with Crippen molar-refractivity contribution in [3.8, 4) is 0 Å². The molecule has 1 aromatic rings. The number of amides is 1. The summed E-state index contributed by atoms with van der Waals surface area (Å²) < 4.78 is 13.2. The van der Waals surface area contributed by atoms with Gasteiger partial charge in [0.15, 0.2) is 0 Å². The molecule has 0 saturated carbocycles. The van der Waals surface area contributed by atoms with Crippen LogP contribution in [0.2, 0.25) is 5.02 Å². The number of benzene rings is 1. The smallest absolute Gasteiger partial charge is 0.255 e. The minimum Gasteiger partial charge on any atom is -0.351 e. The van der Waals surface area contributed by atoms with Crippen molar-refractivity contribution in [2.24, 2.45) is 5.73 Å². The fourth-order valence-electron chi connectivity index (χ4n) is 0.989. The number of halogens is 2. The molecule has 5 heteroatoms. The molecule has 0 radical (unpaired) electrons. The van der Waals surface area contributed by atoms with E-state index in [1.165, 1.54) is 18.2 Å². The highest BCUT2D eigenvalue weighted by molar-refractivity contribution is 6.33. The van der Waals surface area contributed by atoms with Crippen molar-refractivity contribution < 1.29 is 9.18 Å². The standard InChI is InChI=1S/C9H10ClFN2O/c10-6-2-1-3-7(11)8(6)9(14)13-5-4-12/h1-3H,4-5,12H2,(H,13,14). The molecule has 3 nitrogen and oxygen atoms in total. The summed E-state index contributed by atoms with van der Waals surface area (Å²) in [5.74, 6) is -1.18. The van der Waals surface area contributed by atoms with Crippen LogP contribution >= 0.6 is 11.6 Å². The molecule has 0 bridgehead atoms. The Morgan fingerprint density at radius 3 is 2.86 bits per heavy atom. The molecule has 0 unspecified atom stereocenters. The number of carbonyl (C=O) groups is 1. The molecule has 0 aliphatic carbocycles. The molecule has 1 aromatic carbocycles. The normalized spacial score (nSPS) is 9.93. The minimum atomic E-state index is -0.632. The Bertz CT molecular complexity index is 323. The monoisotopic (exact) mass is 216 g/mol. The summed E-state index contributed by atoms with van der Waals surface area (Å²) in [6.45, 7) is 0.599. The van der Waals surface area contributed by atoms with E-state index >= 15 is 0 Å². The number of carbonyl (C=O) groups excluding carboxylic acids is 1. The van der Waals surface area contributed by atoms with Gasteiger partial charge in [0.05, 0.1) is 10.6 Å². The molecule has 14 heavy (non-hydrogen) atoms. The van der Waals surface area contributed by atoms with E-state index < -0.39 is 11.7 Å². The van der Waals surface area contributed by atoms with Gasteiger partial charge in [0.1, 0.15) is 5.82 Å². The molecule has 0 fully saturated rings. The van der Waals surface area contributed by atoms with Gasteiger partial charge in [-0.15, -0.1) is 0 Å². The van der Waals surface area contributed by atoms with Crippen LogP contribution < -0.4 is 11.1 Å². The van der Waals surface area contributed by atoms with Crippen LogP contribution in [0.4, 0.5) is 4.39 Å². The summed E-state index contributed by atoms with van der Waals surface area (Å²) in [4.78, 5) is 11.4. The van der Waals surface area contributed by atoms with Gasteiger partial charge in [-0.1, -0.05) is 17.7 Å². The highest BCUT2D eigenvalue weighted by Crippen LogP contribution is 2.18. The number of nitrogens with one attached hydrogen (secondary N) is 1. The third kappa shape index (κ3) is 2.43. The van der Waals surface area contributed by atoms with E-state index in [0.717, 1.165) is 0 Å². The van der Waals surface area contributed by atoms with Crippen molar-refractivity contribution in [3.05, 3.63) is 34.6 Å². The summed E-state index contributed by atoms with van der Waals surface area (Å²) in [7, 11) is 0. The first-order valence-electron chi connectivity index (χ1n) is 4.09. The molecule has 0 aliphatic heterocycles. The Kier molecular flexibility index (Phi) is 3.85. The average Bonchev–Trinajstić information content (AvgIpc) is 2.14. The molecule has 0 saturated heterocycles. The van der Waals surface area contributed by atoms with Crippen LogP contribution in [0, 0.1) is 5.82 Å². The van der Waals surface area contributed by atoms with E-state index in [0.29, 0.717) is 13.1 Å². The van der Waals surface area contributed by atoms with E-state index in [9.17, 15) is 9.18 Å². The highest BCUT2D eigenvalue weighted by Gasteiger charge is 2.14. The van der Waals surface area contributed by atoms with Crippen molar-refractivity contribution in [2.75, 3.05) is 13.1 Å². The zero-order valence-corrected chi connectivity index (χ0v) is 8.14. The lowest BCUT2D eigenvalue weighted by Gasteiger charge is -2.05. The molecular formula is C9H10ClFN2O. The zero-order valence-electron chi connectivity index (χ0n) is 7.39. The molecule has 0 spiro atoms. The Balaban J connectivity index is 2.89. The Hall–Kier alpha value is -1.13. The molecule has 0 aromatic heterocycles. The van der Waals surface area contributed by atoms with Gasteiger partial charge >= 0.3 is 0 Å². The second-order valence-corrected chi connectivity index (χ2v) is 3.05. The summed E-state index contributed by atoms with van der Waals surface area (Å²) in [5, 5.41) is 2.54. The second-order valence-electron chi connectivity index (χ2n) is 2.64. The first-order valence-corrected chi connectivity index (χ1v) is 4.47. The third-order valence-electron chi connectivity index (χ3n) is 1.62. The number of hydrogen-bond acceptors (Lipinski definition) is 2. The maximum atomic E-state index is 13.2. The third-order valence-corrected chi connectivity index (χ3v) is 1.93. The first kappa shape index (κ1) is 10.9. The topological polar surface area (TPSA) is 55.1 Å². The lowest BCUT2D eigenvalue weighted by molar-refractivity contribution is 0.0951. The van der Waals surface area contributed by atoms with Gasteiger partial charge in [-0.05, 0) is 12.1 Å². The number of nitrogens with two attached hydrogens (primary N) is 1. The fourth-order valence-corrected chi connectivity index (χ4v) is 1.24. The van der Waals surface area contributed by atoms with Gasteiger partial charge in [0.25, 0.3) is 5.91 Å². The second kappa shape index (κ2) is 4.93. The SMILES string of the molecule is NCCNC(=O)c1c(F)cccc1Cl. The maximum absolute atomic E-state index is 13.2. The highest BCUT2D eigenvalue weighted by atomic mass is 35.5. The molecule has 3 N–H and O–H groups in total. The van der Waals surface area contributed by atoms with Crippen LogP contribution in [0.5, 0.6) is 0 Å². The van der Waals surface area contributed by atoms with E-state index in [4.69, 9.17) is 17.3 Å². The Labute approximate surface area is 86.0 Å². The van der Waals surface area contributed by atoms with E-state index in [-0.39, 0.29) is 10.6 Å². The lowest BCUT2D eigenvalue weighted by atomic mass is 10.2. The van der Waals surface area contributed by atoms with E-state index in [1.54, 1.807) is 0 Å². The van der Waals surface area contributed by atoms with Gasteiger partial charge in [-0.2, -0.15) is 0 Å². The van der Waals surface area contributed by atoms with Crippen LogP contribution in [0.15, 0.2) is 18.2 Å². The summed E-state index contributed by atoms with van der Waals surface area (Å²) in [6.07, 6.45) is 0. The van der Waals surface area contributed by atoms with Gasteiger partial charge in [0, 0.05) is 13.1 Å². The maximum Gasteiger partial charge on any atom is 0.255 e. The van der Waals surface area contributed by atoms with Crippen molar-refractivity contribution in [1.29, 1.82) is 0 Å². The fraction of sp³-hybridized carbons (Fsp3) is 0.222. The van der Waals surface area contributed by atoms with Crippen LogP contribution in [0.1, 0.15) is 10.4 Å². The number of hydrogen-bond donors (Lipinski definition) is 2. The predicted octanol–water partition coefficient (Wildman–Crippen LogP) is 1.17. The van der Waals surface area contributed by atoms with Crippen molar-refractivity contribution in [3.63, 3.8) is 0 Å². The lowest BCUT2D eigenvalue weighted by Crippen LogP contribution is -2.29. The minimum absolute atomic E-state index is 0.0968. The van der Waals surface area contributed by atoms with E-state index in [1.807, 2.05) is 0 Å². The molecule has 1 amide bonds. The molecule has 0 atom stereocenters. The Morgan fingerprint density at radius 1 is 1.57 bits per heavy atom. The largest absolute Gasteiger partial charge is 0.351 e. The van der Waals surface area contributed by atoms with Crippen LogP contribution in [-0.4, -0.2) is 19.0 Å². The molecule has 76 valence electrons. The van der Waals surface area contributed by atoms with Gasteiger partial charge in [-0.25, -0.2) is 4.39 Å². The molecular weight excluding hydrogens is 207 g/mol. The summed E-state index contributed by atoms with van der Waals surface area (Å²) in [5.41, 5.74) is 5.05. The summed E-state index contributed by atoms with van der Waals surface area (Å²) in [6, 6.07) is 4.09. The molecule has 0 aliphatic rings. The zero-order chi connectivity index (χ0) is 10.6. The van der Waals surface area contributed by atoms with E-state index in [2.05, 4.69) is 5.32 Å². The Morgan fingerprint density at radius 2 is 2.29 bits per heavy atom. The van der Waals surface area contributed by atoms with Crippen LogP contribution in [-0.2, 0) is 0 Å². The molecule has 0 heterocycles.